The van der Waals surface area contributed by atoms with E-state index in [9.17, 15) is 0 Å². The molecular formula is C18H13Cl2NO. The number of benzene rings is 3. The molecule has 0 bridgehead atoms. The fourth-order valence-corrected chi connectivity index (χ4v) is 2.55. The Morgan fingerprint density at radius 3 is 2.23 bits per heavy atom. The molecular weight excluding hydrogens is 317 g/mol. The SMILES string of the molecule is Nc1ccc(-c2cccc(Cl)c2)c(Oc2cccc(Cl)c2)c1. The van der Waals surface area contributed by atoms with Gasteiger partial charge in [0.25, 0.3) is 0 Å². The van der Waals surface area contributed by atoms with E-state index in [4.69, 9.17) is 33.7 Å². The average Bonchev–Trinajstić information content (AvgIpc) is 2.47. The van der Waals surface area contributed by atoms with Gasteiger partial charge in [0.2, 0.25) is 0 Å². The number of hydrogen-bond acceptors (Lipinski definition) is 2. The molecule has 0 aliphatic carbocycles. The summed E-state index contributed by atoms with van der Waals surface area (Å²) in [6.45, 7) is 0. The van der Waals surface area contributed by atoms with Crippen LogP contribution in [0.15, 0.2) is 66.7 Å². The zero-order valence-corrected chi connectivity index (χ0v) is 13.1. The van der Waals surface area contributed by atoms with Gasteiger partial charge < -0.3 is 10.5 Å². The lowest BCUT2D eigenvalue weighted by molar-refractivity contribution is 0.485. The van der Waals surface area contributed by atoms with Crippen LogP contribution in [0.3, 0.4) is 0 Å². The molecule has 110 valence electrons. The van der Waals surface area contributed by atoms with Crippen molar-refractivity contribution in [3.05, 3.63) is 76.8 Å². The summed E-state index contributed by atoms with van der Waals surface area (Å²) in [5.74, 6) is 1.31. The van der Waals surface area contributed by atoms with E-state index in [-0.39, 0.29) is 0 Å². The quantitative estimate of drug-likeness (QED) is 0.595. The van der Waals surface area contributed by atoms with Crippen molar-refractivity contribution in [3.63, 3.8) is 0 Å². The van der Waals surface area contributed by atoms with Gasteiger partial charge in [-0.15, -0.1) is 0 Å². The molecule has 0 spiro atoms. The van der Waals surface area contributed by atoms with Gasteiger partial charge in [-0.1, -0.05) is 41.4 Å². The topological polar surface area (TPSA) is 35.2 Å². The number of anilines is 1. The Bertz CT molecular complexity index is 818. The lowest BCUT2D eigenvalue weighted by atomic mass is 10.0. The third-order valence-electron chi connectivity index (χ3n) is 3.17. The van der Waals surface area contributed by atoms with Crippen LogP contribution >= 0.6 is 23.2 Å². The van der Waals surface area contributed by atoms with Crippen molar-refractivity contribution >= 4 is 28.9 Å². The lowest BCUT2D eigenvalue weighted by Crippen LogP contribution is -1.92. The molecule has 3 aromatic rings. The molecule has 0 radical (unpaired) electrons. The second-order valence-corrected chi connectivity index (χ2v) is 5.70. The van der Waals surface area contributed by atoms with Crippen molar-refractivity contribution < 1.29 is 4.74 Å². The predicted molar refractivity (Wildman–Crippen MR) is 92.8 cm³/mol. The molecule has 0 unspecified atom stereocenters. The van der Waals surface area contributed by atoms with E-state index in [1.54, 1.807) is 18.2 Å². The van der Waals surface area contributed by atoms with Crippen LogP contribution in [0, 0.1) is 0 Å². The highest BCUT2D eigenvalue weighted by atomic mass is 35.5. The highest BCUT2D eigenvalue weighted by molar-refractivity contribution is 6.31. The van der Waals surface area contributed by atoms with Crippen LogP contribution < -0.4 is 10.5 Å². The number of nitrogen functional groups attached to an aromatic ring is 1. The van der Waals surface area contributed by atoms with Crippen LogP contribution in [0.25, 0.3) is 11.1 Å². The van der Waals surface area contributed by atoms with Gasteiger partial charge in [0.15, 0.2) is 0 Å². The number of halogens is 2. The summed E-state index contributed by atoms with van der Waals surface area (Å²) in [4.78, 5) is 0. The first-order valence-electron chi connectivity index (χ1n) is 6.71. The van der Waals surface area contributed by atoms with Crippen LogP contribution in [0.5, 0.6) is 11.5 Å². The van der Waals surface area contributed by atoms with Crippen LogP contribution in [-0.4, -0.2) is 0 Å². The summed E-state index contributed by atoms with van der Waals surface area (Å²) in [5.41, 5.74) is 8.39. The van der Waals surface area contributed by atoms with E-state index < -0.39 is 0 Å². The predicted octanol–water partition coefficient (Wildman–Crippen LogP) is 6.03. The molecule has 3 rings (SSSR count). The van der Waals surface area contributed by atoms with Gasteiger partial charge in [0, 0.05) is 27.4 Å². The monoisotopic (exact) mass is 329 g/mol. The summed E-state index contributed by atoms with van der Waals surface area (Å²) in [6, 6.07) is 20.4. The number of ether oxygens (including phenoxy) is 1. The van der Waals surface area contributed by atoms with Crippen molar-refractivity contribution in [1.82, 2.24) is 0 Å². The number of hydrogen-bond donors (Lipinski definition) is 1. The van der Waals surface area contributed by atoms with E-state index in [0.717, 1.165) is 11.1 Å². The van der Waals surface area contributed by atoms with Crippen molar-refractivity contribution in [1.29, 1.82) is 0 Å². The Morgan fingerprint density at radius 1 is 0.773 bits per heavy atom. The number of nitrogens with two attached hydrogens (primary N) is 1. The number of rotatable bonds is 3. The first-order chi connectivity index (χ1) is 10.6. The summed E-state index contributed by atoms with van der Waals surface area (Å²) in [5, 5.41) is 1.29. The normalized spacial score (nSPS) is 10.5. The Kier molecular flexibility index (Phi) is 4.23. The van der Waals surface area contributed by atoms with Gasteiger partial charge in [0.05, 0.1) is 0 Å². The van der Waals surface area contributed by atoms with E-state index >= 15 is 0 Å². The Hall–Kier alpha value is -2.16. The molecule has 0 aromatic heterocycles. The molecule has 0 fully saturated rings. The van der Waals surface area contributed by atoms with Gasteiger partial charge in [-0.05, 0) is 48.0 Å². The first kappa shape index (κ1) is 14.8. The summed E-state index contributed by atoms with van der Waals surface area (Å²) in [6.07, 6.45) is 0. The van der Waals surface area contributed by atoms with Gasteiger partial charge in [-0.2, -0.15) is 0 Å². The molecule has 0 saturated heterocycles. The van der Waals surface area contributed by atoms with E-state index in [2.05, 4.69) is 0 Å². The van der Waals surface area contributed by atoms with Crippen molar-refractivity contribution in [2.24, 2.45) is 0 Å². The van der Waals surface area contributed by atoms with E-state index in [0.29, 0.717) is 27.2 Å². The third kappa shape index (κ3) is 3.35. The van der Waals surface area contributed by atoms with Crippen molar-refractivity contribution in [2.45, 2.75) is 0 Å². The van der Waals surface area contributed by atoms with Crippen LogP contribution in [0.1, 0.15) is 0 Å². The Balaban J connectivity index is 2.05. The molecule has 2 N–H and O–H groups in total. The van der Waals surface area contributed by atoms with Crippen molar-refractivity contribution in [2.75, 3.05) is 5.73 Å². The maximum absolute atomic E-state index is 6.08. The second-order valence-electron chi connectivity index (χ2n) is 4.83. The zero-order chi connectivity index (χ0) is 15.5. The van der Waals surface area contributed by atoms with Gasteiger partial charge in [0.1, 0.15) is 11.5 Å². The molecule has 0 heterocycles. The molecule has 0 amide bonds. The standard InChI is InChI=1S/C18H13Cl2NO/c19-13-4-1-3-12(9-13)17-8-7-15(21)11-18(17)22-16-6-2-5-14(20)10-16/h1-11H,21H2. The lowest BCUT2D eigenvalue weighted by Gasteiger charge is -2.13. The molecule has 0 saturated carbocycles. The highest BCUT2D eigenvalue weighted by Gasteiger charge is 2.09. The molecule has 3 aromatic carbocycles. The smallest absolute Gasteiger partial charge is 0.137 e. The van der Waals surface area contributed by atoms with Crippen LogP contribution in [0.2, 0.25) is 10.0 Å². The fraction of sp³-hybridized carbons (Fsp3) is 0. The van der Waals surface area contributed by atoms with Crippen LogP contribution in [-0.2, 0) is 0 Å². The summed E-state index contributed by atoms with van der Waals surface area (Å²) in [7, 11) is 0. The van der Waals surface area contributed by atoms with E-state index in [1.165, 1.54) is 0 Å². The first-order valence-corrected chi connectivity index (χ1v) is 7.46. The van der Waals surface area contributed by atoms with Gasteiger partial charge in [-0.25, -0.2) is 0 Å². The fourth-order valence-electron chi connectivity index (χ4n) is 2.18. The zero-order valence-electron chi connectivity index (χ0n) is 11.6. The minimum Gasteiger partial charge on any atom is -0.457 e. The van der Waals surface area contributed by atoms with Crippen LogP contribution in [0.4, 0.5) is 5.69 Å². The average molecular weight is 330 g/mol. The van der Waals surface area contributed by atoms with E-state index in [1.807, 2.05) is 48.5 Å². The van der Waals surface area contributed by atoms with Gasteiger partial charge >= 0.3 is 0 Å². The highest BCUT2D eigenvalue weighted by Crippen LogP contribution is 2.36. The Labute approximate surface area is 139 Å². The molecule has 0 aliphatic heterocycles. The van der Waals surface area contributed by atoms with Crippen molar-refractivity contribution in [3.8, 4) is 22.6 Å². The Morgan fingerprint density at radius 2 is 1.50 bits per heavy atom. The molecule has 4 heteroatoms. The summed E-state index contributed by atoms with van der Waals surface area (Å²) < 4.78 is 5.96. The maximum atomic E-state index is 6.08. The molecule has 0 atom stereocenters. The molecule has 2 nitrogen and oxygen atoms in total. The minimum absolute atomic E-state index is 0.616. The minimum atomic E-state index is 0.616. The maximum Gasteiger partial charge on any atom is 0.137 e. The van der Waals surface area contributed by atoms with Gasteiger partial charge in [-0.3, -0.25) is 0 Å². The third-order valence-corrected chi connectivity index (χ3v) is 3.64. The summed E-state index contributed by atoms with van der Waals surface area (Å²) >= 11 is 12.1. The molecule has 22 heavy (non-hydrogen) atoms. The largest absolute Gasteiger partial charge is 0.457 e. The second kappa shape index (κ2) is 6.30. The molecule has 0 aliphatic rings.